The van der Waals surface area contributed by atoms with E-state index >= 15 is 0 Å². The summed E-state index contributed by atoms with van der Waals surface area (Å²) in [5.74, 6) is -3.23. The quantitative estimate of drug-likeness (QED) is 0.0975. The first-order chi connectivity index (χ1) is 25.5. The van der Waals surface area contributed by atoms with Gasteiger partial charge in [-0.15, -0.1) is 11.8 Å². The molecule has 0 aromatic heterocycles. The Morgan fingerprint density at radius 2 is 1.45 bits per heavy atom. The molecular weight excluding hydrogens is 705 g/mol. The lowest BCUT2D eigenvalue weighted by Crippen LogP contribution is -2.69. The molecule has 1 aliphatic rings. The maximum Gasteiger partial charge on any atom is 0.326 e. The van der Waals surface area contributed by atoms with Crippen LogP contribution in [0.15, 0.2) is 115 Å². The second-order valence-electron chi connectivity index (χ2n) is 12.5. The number of ether oxygens (including phenoxy) is 1. The minimum atomic E-state index is -1.21. The van der Waals surface area contributed by atoms with Gasteiger partial charge in [0.15, 0.2) is 6.61 Å². The number of carboxylic acid groups (broad SMARTS) is 1. The molecule has 6 rings (SSSR count). The number of benzene rings is 5. The van der Waals surface area contributed by atoms with Crippen molar-refractivity contribution in [1.82, 2.24) is 16.0 Å². The van der Waals surface area contributed by atoms with E-state index in [9.17, 15) is 38.2 Å². The molecule has 1 aliphatic heterocycles. The van der Waals surface area contributed by atoms with Crippen molar-refractivity contribution in [3.63, 3.8) is 0 Å². The summed E-state index contributed by atoms with van der Waals surface area (Å²) in [5.41, 5.74) is 1.41. The summed E-state index contributed by atoms with van der Waals surface area (Å²) in [6.45, 7) is -0.900. The molecule has 272 valence electrons. The molecule has 0 spiro atoms. The number of hydrogen-bond donors (Lipinski definition) is 5. The molecule has 1 fully saturated rings. The summed E-state index contributed by atoms with van der Waals surface area (Å²) in [4.78, 5) is 49.9. The Morgan fingerprint density at radius 1 is 0.830 bits per heavy atom. The summed E-state index contributed by atoms with van der Waals surface area (Å²) < 4.78 is 32.9. The molecule has 0 radical (unpaired) electrons. The highest BCUT2D eigenvalue weighted by Gasteiger charge is 2.56. The third kappa shape index (κ3) is 8.65. The molecule has 0 aliphatic carbocycles. The number of β-lactam (4-membered cyclic amide) rings is 1. The highest BCUT2D eigenvalue weighted by atomic mass is 32.2. The summed E-state index contributed by atoms with van der Waals surface area (Å²) in [6.07, 6.45) is -0.912. The van der Waals surface area contributed by atoms with Crippen LogP contribution in [0, 0.1) is 11.6 Å². The third-order valence-corrected chi connectivity index (χ3v) is 10.3. The van der Waals surface area contributed by atoms with Gasteiger partial charge in [0.05, 0.1) is 12.6 Å². The molecule has 5 aromatic rings. The van der Waals surface area contributed by atoms with Crippen LogP contribution < -0.4 is 20.7 Å². The lowest BCUT2D eigenvalue weighted by Gasteiger charge is -2.50. The molecule has 1 unspecified atom stereocenters. The van der Waals surface area contributed by atoms with E-state index in [1.807, 2.05) is 42.5 Å². The number of hydrogen-bond acceptors (Lipinski definition) is 7. The Morgan fingerprint density at radius 3 is 2.09 bits per heavy atom. The van der Waals surface area contributed by atoms with Gasteiger partial charge in [-0.25, -0.2) is 13.6 Å². The SMILES string of the molecule is O=C(COc1ccc([C@]2(c3ccc(F)cc3)NC(=O)[C@@H]2SCC(O)c2ccc(F)cc2)cc1)NCC(=O)N[C@H](Cc1ccc2ccccc2c1)C(=O)O. The topological polar surface area (TPSA) is 154 Å². The Bertz CT molecular complexity index is 2120. The number of aliphatic carboxylic acids is 1. The van der Waals surface area contributed by atoms with Crippen molar-refractivity contribution in [2.45, 2.75) is 29.4 Å². The molecule has 5 aromatic carbocycles. The molecular formula is C40H35F2N3O7S. The van der Waals surface area contributed by atoms with Gasteiger partial charge >= 0.3 is 5.97 Å². The van der Waals surface area contributed by atoms with Crippen LogP contribution in [-0.4, -0.2) is 64.1 Å². The van der Waals surface area contributed by atoms with E-state index in [-0.39, 0.29) is 18.1 Å². The second kappa shape index (κ2) is 16.3. The number of rotatable bonds is 15. The lowest BCUT2D eigenvalue weighted by atomic mass is 9.74. The molecule has 0 saturated carbocycles. The Kier molecular flexibility index (Phi) is 11.3. The van der Waals surface area contributed by atoms with Gasteiger partial charge in [0, 0.05) is 12.2 Å². The Hall–Kier alpha value is -5.79. The number of amides is 3. The lowest BCUT2D eigenvalue weighted by molar-refractivity contribution is -0.141. The molecule has 13 heteroatoms. The van der Waals surface area contributed by atoms with Gasteiger partial charge in [-0.05, 0) is 69.4 Å². The predicted octanol–water partition coefficient (Wildman–Crippen LogP) is 4.63. The molecule has 0 bridgehead atoms. The van der Waals surface area contributed by atoms with E-state index in [1.54, 1.807) is 36.4 Å². The van der Waals surface area contributed by atoms with Crippen LogP contribution in [0.3, 0.4) is 0 Å². The van der Waals surface area contributed by atoms with Crippen molar-refractivity contribution in [3.8, 4) is 5.75 Å². The van der Waals surface area contributed by atoms with Crippen LogP contribution in [0.4, 0.5) is 8.78 Å². The van der Waals surface area contributed by atoms with Gasteiger partial charge in [0.2, 0.25) is 11.8 Å². The first kappa shape index (κ1) is 37.0. The van der Waals surface area contributed by atoms with E-state index in [2.05, 4.69) is 16.0 Å². The van der Waals surface area contributed by atoms with Crippen LogP contribution in [-0.2, 0) is 31.1 Å². The number of carbonyl (C=O) groups is 4. The fourth-order valence-electron chi connectivity index (χ4n) is 6.18. The summed E-state index contributed by atoms with van der Waals surface area (Å²) >= 11 is 1.21. The molecule has 5 N–H and O–H groups in total. The van der Waals surface area contributed by atoms with Crippen molar-refractivity contribution >= 4 is 46.2 Å². The van der Waals surface area contributed by atoms with Crippen molar-refractivity contribution in [3.05, 3.63) is 149 Å². The van der Waals surface area contributed by atoms with E-state index < -0.39 is 65.5 Å². The smallest absolute Gasteiger partial charge is 0.326 e. The molecule has 1 heterocycles. The van der Waals surface area contributed by atoms with Crippen molar-refractivity contribution < 1.29 is 42.9 Å². The number of aliphatic hydroxyl groups excluding tert-OH is 1. The van der Waals surface area contributed by atoms with E-state index in [4.69, 9.17) is 4.74 Å². The number of carboxylic acids is 1. The average Bonchev–Trinajstić information content (AvgIpc) is 3.15. The molecule has 3 amide bonds. The predicted molar refractivity (Wildman–Crippen MR) is 195 cm³/mol. The molecule has 1 saturated heterocycles. The summed E-state index contributed by atoms with van der Waals surface area (Å²) in [6, 6.07) is 29.8. The van der Waals surface area contributed by atoms with Crippen LogP contribution in [0.25, 0.3) is 10.8 Å². The monoisotopic (exact) mass is 739 g/mol. The number of nitrogens with one attached hydrogen (secondary N) is 3. The zero-order valence-electron chi connectivity index (χ0n) is 28.1. The molecule has 53 heavy (non-hydrogen) atoms. The van der Waals surface area contributed by atoms with E-state index in [1.165, 1.54) is 48.2 Å². The minimum absolute atomic E-state index is 0.0580. The Balaban J connectivity index is 1.04. The number of fused-ring (bicyclic) bond motifs is 1. The Labute approximate surface area is 307 Å². The van der Waals surface area contributed by atoms with Gasteiger partial charge in [-0.2, -0.15) is 0 Å². The van der Waals surface area contributed by atoms with Crippen molar-refractivity contribution in [2.24, 2.45) is 0 Å². The minimum Gasteiger partial charge on any atom is -0.484 e. The standard InChI is InChI=1S/C40H35F2N3O7S/c41-30-13-7-26(8-14-30)34(46)23-53-37-38(49)45-40(37,28-9-15-31(42)16-10-28)29-11-17-32(18-12-29)52-22-36(48)43-21-35(47)44-33(39(50)51)20-24-5-6-25-3-1-2-4-27(25)19-24/h1-19,33-34,37,46H,20-23H2,(H,43,48)(H,44,47)(H,45,49)(H,50,51)/t33-,34?,37+,40+/m1/s1. The van der Waals surface area contributed by atoms with Crippen LogP contribution >= 0.6 is 11.8 Å². The number of aliphatic hydroxyl groups is 1. The van der Waals surface area contributed by atoms with Gasteiger partial charge in [0.25, 0.3) is 5.91 Å². The largest absolute Gasteiger partial charge is 0.484 e. The average molecular weight is 740 g/mol. The highest BCUT2D eigenvalue weighted by Crippen LogP contribution is 2.46. The van der Waals surface area contributed by atoms with Gasteiger partial charge < -0.3 is 30.9 Å². The highest BCUT2D eigenvalue weighted by molar-refractivity contribution is 8.00. The zero-order chi connectivity index (χ0) is 37.5. The van der Waals surface area contributed by atoms with Crippen LogP contribution in [0.5, 0.6) is 5.75 Å². The van der Waals surface area contributed by atoms with E-state index in [0.717, 1.165) is 16.3 Å². The molecule has 10 nitrogen and oxygen atoms in total. The number of thioether (sulfide) groups is 1. The fourth-order valence-corrected chi connectivity index (χ4v) is 7.54. The van der Waals surface area contributed by atoms with Gasteiger partial charge in [0.1, 0.15) is 34.2 Å². The first-order valence-electron chi connectivity index (χ1n) is 16.6. The molecule has 4 atom stereocenters. The van der Waals surface area contributed by atoms with Crippen LogP contribution in [0.2, 0.25) is 0 Å². The zero-order valence-corrected chi connectivity index (χ0v) is 28.9. The summed E-state index contributed by atoms with van der Waals surface area (Å²) in [7, 11) is 0. The van der Waals surface area contributed by atoms with E-state index in [0.29, 0.717) is 22.4 Å². The van der Waals surface area contributed by atoms with Gasteiger partial charge in [-0.1, -0.05) is 78.9 Å². The van der Waals surface area contributed by atoms with Crippen molar-refractivity contribution in [1.29, 1.82) is 0 Å². The number of halogens is 2. The maximum atomic E-state index is 13.9. The fraction of sp³-hybridized carbons (Fsp3) is 0.200. The normalized spacial score (nSPS) is 17.6. The maximum absolute atomic E-state index is 13.9. The summed E-state index contributed by atoms with van der Waals surface area (Å²) in [5, 5.41) is 29.5. The van der Waals surface area contributed by atoms with Crippen molar-refractivity contribution in [2.75, 3.05) is 18.9 Å². The third-order valence-electron chi connectivity index (χ3n) is 8.94. The number of carbonyl (C=O) groups excluding carboxylic acids is 3. The van der Waals surface area contributed by atoms with Gasteiger partial charge in [-0.3, -0.25) is 14.4 Å². The van der Waals surface area contributed by atoms with Crippen LogP contribution in [0.1, 0.15) is 28.4 Å². The second-order valence-corrected chi connectivity index (χ2v) is 13.7. The first-order valence-corrected chi connectivity index (χ1v) is 17.7.